The Hall–Kier alpha value is -4.46. The summed E-state index contributed by atoms with van der Waals surface area (Å²) < 4.78 is 16.2. The predicted octanol–water partition coefficient (Wildman–Crippen LogP) is 3.41. The van der Waals surface area contributed by atoms with Crippen molar-refractivity contribution in [3.63, 3.8) is 0 Å². The molecule has 1 aliphatic rings. The first-order chi connectivity index (χ1) is 17.9. The van der Waals surface area contributed by atoms with Crippen LogP contribution in [0.15, 0.2) is 91.0 Å². The van der Waals surface area contributed by atoms with E-state index in [1.54, 1.807) is 91.0 Å². The fraction of sp³-hybridized carbons (Fsp3) is 0.241. The molecule has 1 heterocycles. The van der Waals surface area contributed by atoms with Gasteiger partial charge in [0.15, 0.2) is 17.6 Å². The van der Waals surface area contributed by atoms with Crippen molar-refractivity contribution in [2.45, 2.75) is 24.6 Å². The molecule has 3 aromatic carbocycles. The van der Waals surface area contributed by atoms with Crippen LogP contribution in [0, 0.1) is 5.92 Å². The molecule has 37 heavy (non-hydrogen) atoms. The van der Waals surface area contributed by atoms with Gasteiger partial charge in [0, 0.05) is 18.1 Å². The summed E-state index contributed by atoms with van der Waals surface area (Å²) in [5.74, 6) is -4.12. The quantitative estimate of drug-likeness (QED) is 0.202. The lowest BCUT2D eigenvalue weighted by atomic mass is 9.68. The molecule has 0 bridgehead atoms. The van der Waals surface area contributed by atoms with Gasteiger partial charge in [-0.3, -0.25) is 14.4 Å². The fourth-order valence-electron chi connectivity index (χ4n) is 5.03. The first kappa shape index (κ1) is 25.6. The molecule has 0 aromatic heterocycles. The molecular formula is C29H27NO7. The number of nitrogens with zero attached hydrogens (tertiary/aromatic N) is 1. The SMILES string of the molecule is COC(=O)[C@H]1C(=O)N([C@H](C(=O)OC)c2ccccc2)[C@@H]1C(OC(C)=O)(c1ccccc1)c1ccccc1. The number of likely N-dealkylation sites (tertiary alicyclic amines) is 1. The van der Waals surface area contributed by atoms with Crippen LogP contribution in [0.25, 0.3) is 0 Å². The topological polar surface area (TPSA) is 99.2 Å². The molecule has 1 amide bonds. The third-order valence-electron chi connectivity index (χ3n) is 6.54. The van der Waals surface area contributed by atoms with E-state index in [2.05, 4.69) is 0 Å². The maximum Gasteiger partial charge on any atom is 0.333 e. The van der Waals surface area contributed by atoms with Crippen molar-refractivity contribution >= 4 is 23.8 Å². The number of benzene rings is 3. The molecule has 8 heteroatoms. The second-order valence-electron chi connectivity index (χ2n) is 8.59. The highest BCUT2D eigenvalue weighted by Crippen LogP contribution is 2.51. The second kappa shape index (κ2) is 10.7. The van der Waals surface area contributed by atoms with Gasteiger partial charge in [-0.1, -0.05) is 91.0 Å². The molecule has 0 unspecified atom stereocenters. The third-order valence-corrected chi connectivity index (χ3v) is 6.54. The molecule has 8 nitrogen and oxygen atoms in total. The Morgan fingerprint density at radius 3 is 1.70 bits per heavy atom. The maximum absolute atomic E-state index is 13.7. The van der Waals surface area contributed by atoms with E-state index in [1.165, 1.54) is 26.0 Å². The van der Waals surface area contributed by atoms with Crippen molar-refractivity contribution in [2.24, 2.45) is 5.92 Å². The summed E-state index contributed by atoms with van der Waals surface area (Å²) in [4.78, 5) is 53.8. The van der Waals surface area contributed by atoms with Crippen molar-refractivity contribution < 1.29 is 33.4 Å². The van der Waals surface area contributed by atoms with E-state index >= 15 is 0 Å². The summed E-state index contributed by atoms with van der Waals surface area (Å²) in [6.45, 7) is 1.26. The van der Waals surface area contributed by atoms with Gasteiger partial charge in [-0.2, -0.15) is 0 Å². The Bertz CT molecular complexity index is 1240. The van der Waals surface area contributed by atoms with Gasteiger partial charge in [-0.05, 0) is 5.56 Å². The summed E-state index contributed by atoms with van der Waals surface area (Å²) in [5, 5.41) is 0. The lowest BCUT2D eigenvalue weighted by Gasteiger charge is -2.56. The van der Waals surface area contributed by atoms with Crippen LogP contribution in [0.1, 0.15) is 29.7 Å². The van der Waals surface area contributed by atoms with Gasteiger partial charge in [0.2, 0.25) is 5.91 Å². The fourth-order valence-corrected chi connectivity index (χ4v) is 5.03. The number of ether oxygens (including phenoxy) is 3. The molecule has 190 valence electrons. The van der Waals surface area contributed by atoms with E-state index in [0.717, 1.165) is 0 Å². The molecule has 0 N–H and O–H groups in total. The van der Waals surface area contributed by atoms with E-state index < -0.39 is 47.4 Å². The molecule has 1 fully saturated rings. The lowest BCUT2D eigenvalue weighted by molar-refractivity contribution is -0.204. The van der Waals surface area contributed by atoms with Crippen LogP contribution in [0.3, 0.4) is 0 Å². The highest BCUT2D eigenvalue weighted by atomic mass is 16.6. The summed E-state index contributed by atoms with van der Waals surface area (Å²) in [6.07, 6.45) is 0. The Kier molecular flexibility index (Phi) is 7.38. The third kappa shape index (κ3) is 4.46. The van der Waals surface area contributed by atoms with E-state index in [0.29, 0.717) is 16.7 Å². The van der Waals surface area contributed by atoms with Crippen LogP contribution in [0.4, 0.5) is 0 Å². The number of esters is 3. The summed E-state index contributed by atoms with van der Waals surface area (Å²) >= 11 is 0. The summed E-state index contributed by atoms with van der Waals surface area (Å²) in [6, 6.07) is 24.0. The predicted molar refractivity (Wildman–Crippen MR) is 133 cm³/mol. The number of hydrogen-bond acceptors (Lipinski definition) is 7. The van der Waals surface area contributed by atoms with Crippen LogP contribution in [0.2, 0.25) is 0 Å². The van der Waals surface area contributed by atoms with Crippen molar-refractivity contribution in [3.05, 3.63) is 108 Å². The van der Waals surface area contributed by atoms with Crippen LogP contribution in [0.5, 0.6) is 0 Å². The lowest BCUT2D eigenvalue weighted by Crippen LogP contribution is -2.73. The first-order valence-corrected chi connectivity index (χ1v) is 11.7. The zero-order valence-electron chi connectivity index (χ0n) is 20.7. The van der Waals surface area contributed by atoms with Crippen LogP contribution in [-0.2, 0) is 39.0 Å². The van der Waals surface area contributed by atoms with E-state index in [1.807, 2.05) is 0 Å². The van der Waals surface area contributed by atoms with Gasteiger partial charge in [-0.25, -0.2) is 4.79 Å². The molecule has 0 radical (unpaired) electrons. The Morgan fingerprint density at radius 1 is 0.784 bits per heavy atom. The molecule has 3 atom stereocenters. The minimum Gasteiger partial charge on any atom is -0.468 e. The maximum atomic E-state index is 13.7. The number of carbonyl (C=O) groups is 4. The van der Waals surface area contributed by atoms with Crippen molar-refractivity contribution in [1.82, 2.24) is 4.90 Å². The van der Waals surface area contributed by atoms with Gasteiger partial charge >= 0.3 is 17.9 Å². The molecule has 3 aromatic rings. The monoisotopic (exact) mass is 501 g/mol. The number of carbonyl (C=O) groups excluding carboxylic acids is 4. The highest BCUT2D eigenvalue weighted by molar-refractivity contribution is 6.06. The van der Waals surface area contributed by atoms with Crippen molar-refractivity contribution in [2.75, 3.05) is 14.2 Å². The molecule has 0 saturated carbocycles. The normalized spacial score (nSPS) is 17.8. The van der Waals surface area contributed by atoms with Crippen LogP contribution in [-0.4, -0.2) is 49.0 Å². The standard InChI is InChI=1S/C29H27NO7/c1-19(31)37-29(21-15-9-5-10-16-21,22-17-11-6-12-18-22)25-23(27(33)35-2)26(32)30(25)24(28(34)36-3)20-13-7-4-8-14-20/h4-18,23-25H,1-3H3/t23-,24+,25+/m1/s1. The van der Waals surface area contributed by atoms with Gasteiger partial charge in [0.25, 0.3) is 0 Å². The molecular weight excluding hydrogens is 474 g/mol. The number of hydrogen-bond donors (Lipinski definition) is 0. The zero-order chi connectivity index (χ0) is 26.6. The second-order valence-corrected chi connectivity index (χ2v) is 8.59. The van der Waals surface area contributed by atoms with E-state index in [-0.39, 0.29) is 0 Å². The van der Waals surface area contributed by atoms with Crippen LogP contribution >= 0.6 is 0 Å². The molecule has 0 aliphatic carbocycles. The summed E-state index contributed by atoms with van der Waals surface area (Å²) in [5.41, 5.74) is -0.134. The largest absolute Gasteiger partial charge is 0.468 e. The van der Waals surface area contributed by atoms with Gasteiger partial charge in [0.1, 0.15) is 6.04 Å². The molecule has 1 aliphatic heterocycles. The Labute approximate surface area is 214 Å². The van der Waals surface area contributed by atoms with Gasteiger partial charge < -0.3 is 19.1 Å². The average Bonchev–Trinajstić information content (AvgIpc) is 2.93. The van der Waals surface area contributed by atoms with E-state index in [9.17, 15) is 19.2 Å². The van der Waals surface area contributed by atoms with Gasteiger partial charge in [-0.15, -0.1) is 0 Å². The Morgan fingerprint density at radius 2 is 1.27 bits per heavy atom. The number of amides is 1. The van der Waals surface area contributed by atoms with Crippen molar-refractivity contribution in [1.29, 1.82) is 0 Å². The minimum atomic E-state index is -1.65. The highest BCUT2D eigenvalue weighted by Gasteiger charge is 2.67. The molecule has 1 saturated heterocycles. The summed E-state index contributed by atoms with van der Waals surface area (Å²) in [7, 11) is 2.41. The Balaban J connectivity index is 2.04. The molecule has 0 spiro atoms. The average molecular weight is 502 g/mol. The minimum absolute atomic E-state index is 0.480. The number of β-lactam (4-membered cyclic amide) rings is 1. The van der Waals surface area contributed by atoms with Crippen molar-refractivity contribution in [3.8, 4) is 0 Å². The van der Waals surface area contributed by atoms with E-state index in [4.69, 9.17) is 14.2 Å². The number of rotatable bonds is 8. The molecule has 4 rings (SSSR count). The van der Waals surface area contributed by atoms with Crippen LogP contribution < -0.4 is 0 Å². The first-order valence-electron chi connectivity index (χ1n) is 11.7. The smallest absolute Gasteiger partial charge is 0.333 e. The zero-order valence-corrected chi connectivity index (χ0v) is 20.7. The van der Waals surface area contributed by atoms with Gasteiger partial charge in [0.05, 0.1) is 14.2 Å². The number of methoxy groups -OCH3 is 2.